The average Bonchev–Trinajstić information content (AvgIpc) is 2.86. The molecule has 0 unspecified atom stereocenters. The third-order valence-corrected chi connectivity index (χ3v) is 6.15. The van der Waals surface area contributed by atoms with Gasteiger partial charge in [0.05, 0.1) is 0 Å². The molecule has 0 aliphatic carbocycles. The summed E-state index contributed by atoms with van der Waals surface area (Å²) in [5.41, 5.74) is 0. The zero-order valence-corrected chi connectivity index (χ0v) is 12.1. The number of alkyl halides is 2. The fourth-order valence-corrected chi connectivity index (χ4v) is 4.03. The zero-order valence-electron chi connectivity index (χ0n) is 7.30. The Hall–Kier alpha value is 0.360. The smallest absolute Gasteiger partial charge is 0.0445 e. The van der Waals surface area contributed by atoms with E-state index >= 15 is 0 Å². The van der Waals surface area contributed by atoms with Crippen molar-refractivity contribution in [2.24, 2.45) is 0 Å². The van der Waals surface area contributed by atoms with E-state index in [1.165, 1.54) is 19.5 Å². The fourth-order valence-electron chi connectivity index (χ4n) is 1.16. The van der Waals surface area contributed by atoms with Gasteiger partial charge in [-0.05, 0) is 24.3 Å². The molecule has 74 valence electrons. The Labute approximate surface area is 108 Å². The lowest BCUT2D eigenvalue weighted by molar-refractivity contribution is 1.58. The summed E-state index contributed by atoms with van der Waals surface area (Å²) in [6.45, 7) is 0. The predicted octanol–water partition coefficient (Wildman–Crippen LogP) is 5.27. The lowest BCUT2D eigenvalue weighted by Gasteiger charge is -1.88. The number of rotatable bonds is 3. The van der Waals surface area contributed by atoms with Crippen molar-refractivity contribution in [3.05, 3.63) is 34.0 Å². The molecular formula is C10H8Br2S2. The molecule has 0 aromatic carbocycles. The van der Waals surface area contributed by atoms with Crippen molar-refractivity contribution in [1.29, 1.82) is 0 Å². The van der Waals surface area contributed by atoms with E-state index in [0.29, 0.717) is 0 Å². The molecule has 2 rings (SSSR count). The summed E-state index contributed by atoms with van der Waals surface area (Å²) < 4.78 is 0. The van der Waals surface area contributed by atoms with Gasteiger partial charge in [0.25, 0.3) is 0 Å². The lowest BCUT2D eigenvalue weighted by atomic mass is 10.3. The molecule has 0 saturated heterocycles. The molecule has 0 aliphatic rings. The minimum Gasteiger partial charge on any atom is -0.139 e. The summed E-state index contributed by atoms with van der Waals surface area (Å²) in [5, 5.41) is 1.91. The lowest BCUT2D eigenvalue weighted by Crippen LogP contribution is -1.60. The fraction of sp³-hybridized carbons (Fsp3) is 0.200. The molecule has 0 atom stereocenters. The van der Waals surface area contributed by atoms with Gasteiger partial charge in [-0.15, -0.1) is 22.7 Å². The molecule has 0 nitrogen and oxygen atoms in total. The molecule has 0 radical (unpaired) electrons. The van der Waals surface area contributed by atoms with Crippen LogP contribution < -0.4 is 0 Å². The maximum atomic E-state index is 3.47. The molecule has 0 fully saturated rings. The molecule has 0 N–H and O–H groups in total. The first-order valence-corrected chi connectivity index (χ1v) is 8.01. The Morgan fingerprint density at radius 3 is 1.50 bits per heavy atom. The number of hydrogen-bond acceptors (Lipinski definition) is 2. The van der Waals surface area contributed by atoms with Crippen LogP contribution in [0.5, 0.6) is 0 Å². The Kier molecular flexibility index (Phi) is 3.82. The highest BCUT2D eigenvalue weighted by Crippen LogP contribution is 2.34. The molecule has 0 spiro atoms. The highest BCUT2D eigenvalue weighted by Gasteiger charge is 2.04. The second kappa shape index (κ2) is 4.92. The van der Waals surface area contributed by atoms with Crippen LogP contribution in [0.3, 0.4) is 0 Å². The summed E-state index contributed by atoms with van der Waals surface area (Å²) in [6, 6.07) is 8.76. The Morgan fingerprint density at radius 2 is 1.21 bits per heavy atom. The molecule has 2 aromatic rings. The van der Waals surface area contributed by atoms with E-state index in [9.17, 15) is 0 Å². The number of hydrogen-bond donors (Lipinski definition) is 0. The van der Waals surface area contributed by atoms with E-state index in [2.05, 4.69) is 56.1 Å². The van der Waals surface area contributed by atoms with Gasteiger partial charge < -0.3 is 0 Å². The van der Waals surface area contributed by atoms with Crippen molar-refractivity contribution in [3.63, 3.8) is 0 Å². The molecule has 2 heterocycles. The first-order chi connectivity index (χ1) is 6.83. The van der Waals surface area contributed by atoms with Crippen LogP contribution >= 0.6 is 54.5 Å². The van der Waals surface area contributed by atoms with Gasteiger partial charge in [0, 0.05) is 30.2 Å². The van der Waals surface area contributed by atoms with Gasteiger partial charge in [0.2, 0.25) is 0 Å². The zero-order chi connectivity index (χ0) is 9.97. The molecule has 0 aliphatic heterocycles. The Bertz CT molecular complexity index is 377. The van der Waals surface area contributed by atoms with Gasteiger partial charge in [0.15, 0.2) is 0 Å². The van der Waals surface area contributed by atoms with Crippen molar-refractivity contribution >= 4 is 54.5 Å². The molecule has 0 bridgehead atoms. The third kappa shape index (κ3) is 2.30. The van der Waals surface area contributed by atoms with E-state index < -0.39 is 0 Å². The van der Waals surface area contributed by atoms with Gasteiger partial charge in [-0.25, -0.2) is 0 Å². The first kappa shape index (κ1) is 10.9. The van der Waals surface area contributed by atoms with Crippen LogP contribution in [-0.4, -0.2) is 0 Å². The van der Waals surface area contributed by atoms with E-state index in [1.54, 1.807) is 0 Å². The largest absolute Gasteiger partial charge is 0.139 e. The molecule has 14 heavy (non-hydrogen) atoms. The topological polar surface area (TPSA) is 0 Å². The Morgan fingerprint density at radius 1 is 0.786 bits per heavy atom. The molecule has 0 saturated carbocycles. The maximum Gasteiger partial charge on any atom is 0.0445 e. The summed E-state index contributed by atoms with van der Waals surface area (Å²) >= 11 is 10.7. The SMILES string of the molecule is BrCc1ccc(-c2ccc(CBr)s2)s1. The van der Waals surface area contributed by atoms with Crippen LogP contribution in [-0.2, 0) is 10.7 Å². The van der Waals surface area contributed by atoms with E-state index in [4.69, 9.17) is 0 Å². The molecular weight excluding hydrogens is 344 g/mol. The van der Waals surface area contributed by atoms with Crippen LogP contribution in [0.1, 0.15) is 9.75 Å². The van der Waals surface area contributed by atoms with E-state index in [-0.39, 0.29) is 0 Å². The highest BCUT2D eigenvalue weighted by atomic mass is 79.9. The molecule has 2 aromatic heterocycles. The maximum absolute atomic E-state index is 3.47. The minimum atomic E-state index is 0.953. The van der Waals surface area contributed by atoms with Gasteiger partial charge in [-0.2, -0.15) is 0 Å². The summed E-state index contributed by atoms with van der Waals surface area (Å²) in [6.07, 6.45) is 0. The molecule has 0 amide bonds. The quantitative estimate of drug-likeness (QED) is 0.661. The number of halogens is 2. The highest BCUT2D eigenvalue weighted by molar-refractivity contribution is 9.08. The van der Waals surface area contributed by atoms with E-state index in [0.717, 1.165) is 10.7 Å². The van der Waals surface area contributed by atoms with Gasteiger partial charge in [0.1, 0.15) is 0 Å². The monoisotopic (exact) mass is 350 g/mol. The second-order valence-electron chi connectivity index (χ2n) is 2.80. The van der Waals surface area contributed by atoms with E-state index in [1.807, 2.05) is 22.7 Å². The van der Waals surface area contributed by atoms with Gasteiger partial charge in [-0.1, -0.05) is 31.9 Å². The van der Waals surface area contributed by atoms with Crippen LogP contribution in [0, 0.1) is 0 Å². The predicted molar refractivity (Wildman–Crippen MR) is 72.9 cm³/mol. The third-order valence-electron chi connectivity index (χ3n) is 1.83. The van der Waals surface area contributed by atoms with Crippen LogP contribution in [0.25, 0.3) is 9.75 Å². The van der Waals surface area contributed by atoms with Crippen LogP contribution in [0.4, 0.5) is 0 Å². The van der Waals surface area contributed by atoms with Crippen LogP contribution in [0.15, 0.2) is 24.3 Å². The second-order valence-corrected chi connectivity index (χ2v) is 6.26. The van der Waals surface area contributed by atoms with Gasteiger partial charge >= 0.3 is 0 Å². The molecule has 4 heteroatoms. The van der Waals surface area contributed by atoms with Crippen molar-refractivity contribution in [3.8, 4) is 9.75 Å². The summed E-state index contributed by atoms with van der Waals surface area (Å²) in [7, 11) is 0. The normalized spacial score (nSPS) is 10.7. The standard InChI is InChI=1S/C10H8Br2S2/c11-5-7-1-3-9(13-7)10-4-2-8(6-12)14-10/h1-4H,5-6H2. The summed E-state index contributed by atoms with van der Waals surface area (Å²) in [4.78, 5) is 5.51. The van der Waals surface area contributed by atoms with Crippen molar-refractivity contribution < 1.29 is 0 Å². The Balaban J connectivity index is 2.29. The van der Waals surface area contributed by atoms with Crippen LogP contribution in [0.2, 0.25) is 0 Å². The van der Waals surface area contributed by atoms with Crippen molar-refractivity contribution in [2.45, 2.75) is 10.7 Å². The first-order valence-electron chi connectivity index (χ1n) is 4.13. The minimum absolute atomic E-state index is 0.953. The van der Waals surface area contributed by atoms with Crippen molar-refractivity contribution in [2.75, 3.05) is 0 Å². The number of thiophene rings is 2. The van der Waals surface area contributed by atoms with Crippen molar-refractivity contribution in [1.82, 2.24) is 0 Å². The average molecular weight is 352 g/mol. The van der Waals surface area contributed by atoms with Gasteiger partial charge in [-0.3, -0.25) is 0 Å². The summed E-state index contributed by atoms with van der Waals surface area (Å²) in [5.74, 6) is 0.